The first-order chi connectivity index (χ1) is 8.70. The van der Waals surface area contributed by atoms with Crippen molar-refractivity contribution in [2.24, 2.45) is 5.92 Å². The Balaban J connectivity index is 1.93. The number of anilines is 1. The fourth-order valence-corrected chi connectivity index (χ4v) is 2.50. The lowest BCUT2D eigenvalue weighted by Gasteiger charge is -2.26. The summed E-state index contributed by atoms with van der Waals surface area (Å²) in [6, 6.07) is 1.67. The van der Waals surface area contributed by atoms with Crippen LogP contribution in [0.15, 0.2) is 11.4 Å². The molecule has 1 fully saturated rings. The van der Waals surface area contributed by atoms with Gasteiger partial charge in [0.25, 0.3) is 0 Å². The van der Waals surface area contributed by atoms with Gasteiger partial charge in [0, 0.05) is 6.42 Å². The molecular formula is C12H16N2O3S. The molecule has 5 nitrogen and oxygen atoms in total. The molecule has 2 N–H and O–H groups in total. The molecule has 0 aliphatic carbocycles. The van der Waals surface area contributed by atoms with Gasteiger partial charge in [-0.25, -0.2) is 4.79 Å². The molecule has 0 atom stereocenters. The molecule has 6 heteroatoms. The number of carbonyl (C=O) groups excluding carboxylic acids is 2. The number of esters is 1. The molecule has 1 aromatic rings. The van der Waals surface area contributed by atoms with Gasteiger partial charge in [0.2, 0.25) is 5.91 Å². The highest BCUT2D eigenvalue weighted by Crippen LogP contribution is 2.24. The van der Waals surface area contributed by atoms with E-state index in [1.54, 1.807) is 18.4 Å². The number of thiophene rings is 1. The fourth-order valence-electron chi connectivity index (χ4n) is 1.71. The highest BCUT2D eigenvalue weighted by Gasteiger charge is 2.22. The molecule has 0 aromatic carbocycles. The average molecular weight is 268 g/mol. The standard InChI is InChI=1S/C12H16N2O3S/c1-2-17-12(16)9-3-4-18-11(9)14-10(15)5-8-6-13-7-8/h3-4,8,13H,2,5-7H2,1H3,(H,14,15). The summed E-state index contributed by atoms with van der Waals surface area (Å²) in [6.07, 6.45) is 0.493. The van der Waals surface area contributed by atoms with E-state index >= 15 is 0 Å². The van der Waals surface area contributed by atoms with Crippen molar-refractivity contribution in [1.82, 2.24) is 5.32 Å². The number of hydrogen-bond donors (Lipinski definition) is 2. The number of carbonyl (C=O) groups is 2. The van der Waals surface area contributed by atoms with Crippen LogP contribution in [0.5, 0.6) is 0 Å². The van der Waals surface area contributed by atoms with Crippen molar-refractivity contribution in [2.45, 2.75) is 13.3 Å². The topological polar surface area (TPSA) is 67.4 Å². The molecule has 18 heavy (non-hydrogen) atoms. The van der Waals surface area contributed by atoms with Gasteiger partial charge in [-0.3, -0.25) is 4.79 Å². The molecule has 1 aliphatic rings. The van der Waals surface area contributed by atoms with Gasteiger partial charge >= 0.3 is 5.97 Å². The first-order valence-electron chi connectivity index (χ1n) is 5.96. The second-order valence-corrected chi connectivity index (χ2v) is 5.08. The van der Waals surface area contributed by atoms with E-state index in [1.165, 1.54) is 11.3 Å². The third-order valence-corrected chi connectivity index (χ3v) is 3.58. The van der Waals surface area contributed by atoms with Crippen LogP contribution >= 0.6 is 11.3 Å². The third kappa shape index (κ3) is 3.08. The van der Waals surface area contributed by atoms with Crippen molar-refractivity contribution < 1.29 is 14.3 Å². The Hall–Kier alpha value is -1.40. The summed E-state index contributed by atoms with van der Waals surface area (Å²) < 4.78 is 4.93. The van der Waals surface area contributed by atoms with Gasteiger partial charge < -0.3 is 15.4 Å². The van der Waals surface area contributed by atoms with E-state index in [0.717, 1.165) is 13.1 Å². The van der Waals surface area contributed by atoms with E-state index in [-0.39, 0.29) is 11.9 Å². The van der Waals surface area contributed by atoms with Crippen LogP contribution in [0.3, 0.4) is 0 Å². The van der Waals surface area contributed by atoms with Gasteiger partial charge in [0.05, 0.1) is 12.2 Å². The summed E-state index contributed by atoms with van der Waals surface area (Å²) in [5.41, 5.74) is 0.432. The van der Waals surface area contributed by atoms with Crippen molar-refractivity contribution in [1.29, 1.82) is 0 Å². The largest absolute Gasteiger partial charge is 0.462 e. The van der Waals surface area contributed by atoms with Crippen LogP contribution in [0.1, 0.15) is 23.7 Å². The predicted molar refractivity (Wildman–Crippen MR) is 69.9 cm³/mol. The molecule has 1 saturated heterocycles. The van der Waals surface area contributed by atoms with Gasteiger partial charge in [-0.15, -0.1) is 11.3 Å². The Morgan fingerprint density at radius 3 is 2.94 bits per heavy atom. The van der Waals surface area contributed by atoms with E-state index < -0.39 is 0 Å². The lowest BCUT2D eigenvalue weighted by atomic mass is 9.99. The van der Waals surface area contributed by atoms with E-state index in [1.807, 2.05) is 0 Å². The van der Waals surface area contributed by atoms with Gasteiger partial charge in [0.1, 0.15) is 5.00 Å². The van der Waals surface area contributed by atoms with Crippen LogP contribution < -0.4 is 10.6 Å². The predicted octanol–water partition coefficient (Wildman–Crippen LogP) is 1.47. The van der Waals surface area contributed by atoms with E-state index in [2.05, 4.69) is 10.6 Å². The zero-order chi connectivity index (χ0) is 13.0. The number of ether oxygens (including phenoxy) is 1. The minimum Gasteiger partial charge on any atom is -0.462 e. The highest BCUT2D eigenvalue weighted by molar-refractivity contribution is 7.14. The smallest absolute Gasteiger partial charge is 0.341 e. The van der Waals surface area contributed by atoms with Crippen molar-refractivity contribution >= 4 is 28.2 Å². The molecule has 2 rings (SSSR count). The van der Waals surface area contributed by atoms with Gasteiger partial charge in [0.15, 0.2) is 0 Å². The van der Waals surface area contributed by atoms with Crippen molar-refractivity contribution in [3.8, 4) is 0 Å². The Morgan fingerprint density at radius 1 is 1.56 bits per heavy atom. The van der Waals surface area contributed by atoms with Crippen LogP contribution in [0.2, 0.25) is 0 Å². The molecule has 1 aromatic heterocycles. The lowest BCUT2D eigenvalue weighted by Crippen LogP contribution is -2.43. The van der Waals surface area contributed by atoms with E-state index in [9.17, 15) is 9.59 Å². The molecule has 0 unspecified atom stereocenters. The number of amides is 1. The van der Waals surface area contributed by atoms with Gasteiger partial charge in [-0.1, -0.05) is 0 Å². The Bertz CT molecular complexity index is 440. The van der Waals surface area contributed by atoms with Crippen molar-refractivity contribution in [3.63, 3.8) is 0 Å². The second kappa shape index (κ2) is 5.97. The number of rotatable bonds is 5. The quantitative estimate of drug-likeness (QED) is 0.794. The molecule has 2 heterocycles. The molecule has 0 saturated carbocycles. The first kappa shape index (κ1) is 13.0. The molecule has 0 radical (unpaired) electrons. The maximum absolute atomic E-state index is 11.8. The Kier molecular flexibility index (Phi) is 4.33. The maximum Gasteiger partial charge on any atom is 0.341 e. The molecule has 0 spiro atoms. The SMILES string of the molecule is CCOC(=O)c1ccsc1NC(=O)CC1CNC1. The molecule has 98 valence electrons. The minimum absolute atomic E-state index is 0.0468. The molecule has 0 bridgehead atoms. The fraction of sp³-hybridized carbons (Fsp3) is 0.500. The van der Waals surface area contributed by atoms with Crippen molar-refractivity contribution in [2.75, 3.05) is 25.0 Å². The monoisotopic (exact) mass is 268 g/mol. The molecule has 1 aliphatic heterocycles. The van der Waals surface area contributed by atoms with Crippen LogP contribution in [-0.2, 0) is 9.53 Å². The molecular weight excluding hydrogens is 252 g/mol. The van der Waals surface area contributed by atoms with Crippen LogP contribution in [0, 0.1) is 5.92 Å². The Morgan fingerprint density at radius 2 is 2.33 bits per heavy atom. The summed E-state index contributed by atoms with van der Waals surface area (Å²) in [6.45, 7) is 3.87. The summed E-state index contributed by atoms with van der Waals surface area (Å²) in [5, 5.41) is 8.25. The average Bonchev–Trinajstić information content (AvgIpc) is 2.72. The summed E-state index contributed by atoms with van der Waals surface area (Å²) in [4.78, 5) is 23.4. The van der Waals surface area contributed by atoms with Gasteiger partial charge in [-0.05, 0) is 37.4 Å². The zero-order valence-electron chi connectivity index (χ0n) is 10.2. The summed E-state index contributed by atoms with van der Waals surface area (Å²) in [7, 11) is 0. The lowest BCUT2D eigenvalue weighted by molar-refractivity contribution is -0.117. The first-order valence-corrected chi connectivity index (χ1v) is 6.84. The van der Waals surface area contributed by atoms with Crippen LogP contribution in [0.25, 0.3) is 0 Å². The van der Waals surface area contributed by atoms with Crippen LogP contribution in [0.4, 0.5) is 5.00 Å². The van der Waals surface area contributed by atoms with Crippen LogP contribution in [-0.4, -0.2) is 31.6 Å². The second-order valence-electron chi connectivity index (χ2n) is 4.16. The third-order valence-electron chi connectivity index (χ3n) is 2.75. The zero-order valence-corrected chi connectivity index (χ0v) is 11.0. The maximum atomic E-state index is 11.8. The van der Waals surface area contributed by atoms with E-state index in [0.29, 0.717) is 29.5 Å². The normalized spacial score (nSPS) is 14.9. The summed E-state index contributed by atoms with van der Waals surface area (Å²) >= 11 is 1.34. The molecule has 1 amide bonds. The summed E-state index contributed by atoms with van der Waals surface area (Å²) in [5.74, 6) is -0.0233. The Labute approximate surface area is 110 Å². The number of nitrogens with one attached hydrogen (secondary N) is 2. The number of hydrogen-bond acceptors (Lipinski definition) is 5. The highest BCUT2D eigenvalue weighted by atomic mass is 32.1. The minimum atomic E-state index is -0.389. The van der Waals surface area contributed by atoms with E-state index in [4.69, 9.17) is 4.74 Å². The van der Waals surface area contributed by atoms with Gasteiger partial charge in [-0.2, -0.15) is 0 Å². The van der Waals surface area contributed by atoms with Crippen molar-refractivity contribution in [3.05, 3.63) is 17.0 Å².